The highest BCUT2D eigenvalue weighted by molar-refractivity contribution is 9.10. The Balaban J connectivity index is 1.66. The summed E-state index contributed by atoms with van der Waals surface area (Å²) in [6.45, 7) is 3.67. The molecule has 2 amide bonds. The normalized spacial score (nSPS) is 14.8. The fourth-order valence-corrected chi connectivity index (χ4v) is 4.74. The van der Waals surface area contributed by atoms with Gasteiger partial charge in [0.25, 0.3) is 5.91 Å². The van der Waals surface area contributed by atoms with Gasteiger partial charge in [-0.15, -0.1) is 11.8 Å². The largest absolute Gasteiger partial charge is 0.345 e. The number of hydrogen-bond acceptors (Lipinski definition) is 3. The predicted molar refractivity (Wildman–Crippen MR) is 113 cm³/mol. The van der Waals surface area contributed by atoms with Crippen LogP contribution in [0.3, 0.4) is 0 Å². The Hall–Kier alpha value is -1.79. The molecular weight excluding hydrogens is 424 g/mol. The second-order valence-electron chi connectivity index (χ2n) is 6.59. The molecule has 1 atom stereocenters. The van der Waals surface area contributed by atoms with E-state index in [-0.39, 0.29) is 17.9 Å². The Kier molecular flexibility index (Phi) is 6.96. The molecule has 1 aliphatic rings. The maximum atomic E-state index is 12.8. The Morgan fingerprint density at radius 3 is 2.52 bits per heavy atom. The molecule has 6 heteroatoms. The van der Waals surface area contributed by atoms with Crippen molar-refractivity contribution < 1.29 is 9.59 Å². The van der Waals surface area contributed by atoms with Gasteiger partial charge in [-0.2, -0.15) is 0 Å². The van der Waals surface area contributed by atoms with Crippen molar-refractivity contribution in [2.75, 3.05) is 18.8 Å². The number of nitrogens with one attached hydrogen (secondary N) is 1. The molecular formula is C21H23BrN2O2S. The van der Waals surface area contributed by atoms with Gasteiger partial charge in [0, 0.05) is 22.5 Å². The molecule has 2 aromatic carbocycles. The van der Waals surface area contributed by atoms with E-state index in [1.807, 2.05) is 60.4 Å². The smallest absolute Gasteiger partial charge is 0.252 e. The number of benzene rings is 2. The lowest BCUT2D eigenvalue weighted by Crippen LogP contribution is -2.29. The minimum absolute atomic E-state index is 0.127. The molecule has 4 nitrogen and oxygen atoms in total. The van der Waals surface area contributed by atoms with Crippen LogP contribution in [-0.2, 0) is 4.79 Å². The first kappa shape index (κ1) is 20.0. The van der Waals surface area contributed by atoms with Gasteiger partial charge in [0.2, 0.25) is 5.91 Å². The van der Waals surface area contributed by atoms with Crippen LogP contribution < -0.4 is 5.32 Å². The standard InChI is InChI=1S/C21H23BrN2O2S/c1-15(16-8-2-4-10-18(16)22)23-21(26)17-9-3-5-11-19(17)27-14-20(25)24-12-6-7-13-24/h2-5,8-11,15H,6-7,12-14H2,1H3,(H,23,26). The van der Waals surface area contributed by atoms with Crippen molar-refractivity contribution in [1.29, 1.82) is 0 Å². The van der Waals surface area contributed by atoms with Crippen LogP contribution in [0.2, 0.25) is 0 Å². The molecule has 0 saturated carbocycles. The van der Waals surface area contributed by atoms with Gasteiger partial charge in [-0.1, -0.05) is 46.3 Å². The molecule has 1 heterocycles. The number of carbonyl (C=O) groups excluding carboxylic acids is 2. The zero-order chi connectivity index (χ0) is 19.2. The topological polar surface area (TPSA) is 49.4 Å². The number of hydrogen-bond donors (Lipinski definition) is 1. The number of likely N-dealkylation sites (tertiary alicyclic amines) is 1. The number of halogens is 1. The van der Waals surface area contributed by atoms with Crippen LogP contribution in [0.5, 0.6) is 0 Å². The number of thioether (sulfide) groups is 1. The zero-order valence-corrected chi connectivity index (χ0v) is 17.7. The lowest BCUT2D eigenvalue weighted by molar-refractivity contribution is -0.127. The van der Waals surface area contributed by atoms with Gasteiger partial charge < -0.3 is 10.2 Å². The van der Waals surface area contributed by atoms with Crippen molar-refractivity contribution >= 4 is 39.5 Å². The quantitative estimate of drug-likeness (QED) is 0.656. The minimum atomic E-state index is -0.130. The van der Waals surface area contributed by atoms with Crippen LogP contribution in [0.15, 0.2) is 57.9 Å². The molecule has 0 radical (unpaired) electrons. The summed E-state index contributed by atoms with van der Waals surface area (Å²) in [6, 6.07) is 15.2. The second-order valence-corrected chi connectivity index (χ2v) is 8.46. The first-order valence-electron chi connectivity index (χ1n) is 9.11. The molecule has 1 unspecified atom stereocenters. The summed E-state index contributed by atoms with van der Waals surface area (Å²) >= 11 is 4.97. The third-order valence-electron chi connectivity index (χ3n) is 4.66. The summed E-state index contributed by atoms with van der Waals surface area (Å²) in [4.78, 5) is 27.9. The zero-order valence-electron chi connectivity index (χ0n) is 15.3. The minimum Gasteiger partial charge on any atom is -0.345 e. The highest BCUT2D eigenvalue weighted by atomic mass is 79.9. The van der Waals surface area contributed by atoms with E-state index < -0.39 is 0 Å². The van der Waals surface area contributed by atoms with Crippen molar-refractivity contribution in [1.82, 2.24) is 10.2 Å². The number of carbonyl (C=O) groups is 2. The Morgan fingerprint density at radius 2 is 1.78 bits per heavy atom. The monoisotopic (exact) mass is 446 g/mol. The maximum Gasteiger partial charge on any atom is 0.252 e. The average Bonchev–Trinajstić information content (AvgIpc) is 3.21. The molecule has 1 fully saturated rings. The molecule has 0 aliphatic carbocycles. The highest BCUT2D eigenvalue weighted by Gasteiger charge is 2.20. The summed E-state index contributed by atoms with van der Waals surface area (Å²) < 4.78 is 0.969. The fraction of sp³-hybridized carbons (Fsp3) is 0.333. The van der Waals surface area contributed by atoms with Crippen LogP contribution >= 0.6 is 27.7 Å². The Morgan fingerprint density at radius 1 is 1.11 bits per heavy atom. The van der Waals surface area contributed by atoms with Gasteiger partial charge in [-0.05, 0) is 43.5 Å². The van der Waals surface area contributed by atoms with E-state index in [9.17, 15) is 9.59 Å². The molecule has 3 rings (SSSR count). The van der Waals surface area contributed by atoms with Crippen molar-refractivity contribution in [2.24, 2.45) is 0 Å². The Labute approximate surface area is 172 Å². The van der Waals surface area contributed by atoms with E-state index in [1.54, 1.807) is 0 Å². The molecule has 27 heavy (non-hydrogen) atoms. The van der Waals surface area contributed by atoms with Crippen molar-refractivity contribution in [2.45, 2.75) is 30.7 Å². The highest BCUT2D eigenvalue weighted by Crippen LogP contribution is 2.26. The predicted octanol–water partition coefficient (Wildman–Crippen LogP) is 4.65. The first-order valence-corrected chi connectivity index (χ1v) is 10.9. The van der Waals surface area contributed by atoms with Crippen LogP contribution in [0.4, 0.5) is 0 Å². The molecule has 142 valence electrons. The lowest BCUT2D eigenvalue weighted by Gasteiger charge is -2.18. The van der Waals surface area contributed by atoms with Crippen molar-refractivity contribution in [3.63, 3.8) is 0 Å². The summed E-state index contributed by atoms with van der Waals surface area (Å²) in [6.07, 6.45) is 2.17. The van der Waals surface area contributed by atoms with E-state index in [4.69, 9.17) is 0 Å². The molecule has 1 N–H and O–H groups in total. The van der Waals surface area contributed by atoms with E-state index in [1.165, 1.54) is 11.8 Å². The van der Waals surface area contributed by atoms with Crippen LogP contribution in [0.25, 0.3) is 0 Å². The van der Waals surface area contributed by atoms with Gasteiger partial charge in [0.1, 0.15) is 0 Å². The third kappa shape index (κ3) is 5.14. The number of rotatable bonds is 6. The molecule has 0 spiro atoms. The first-order chi connectivity index (χ1) is 13.1. The lowest BCUT2D eigenvalue weighted by atomic mass is 10.1. The van der Waals surface area contributed by atoms with Gasteiger partial charge in [0.05, 0.1) is 17.4 Å². The summed E-state index contributed by atoms with van der Waals surface area (Å²) in [7, 11) is 0. The summed E-state index contributed by atoms with van der Waals surface area (Å²) in [5.41, 5.74) is 1.64. The Bertz CT molecular complexity index is 821. The van der Waals surface area contributed by atoms with Gasteiger partial charge in [-0.25, -0.2) is 0 Å². The van der Waals surface area contributed by atoms with E-state index >= 15 is 0 Å². The van der Waals surface area contributed by atoms with Crippen LogP contribution in [-0.4, -0.2) is 35.6 Å². The summed E-state index contributed by atoms with van der Waals surface area (Å²) in [5, 5.41) is 3.06. The number of amides is 2. The third-order valence-corrected chi connectivity index (χ3v) is 6.44. The van der Waals surface area contributed by atoms with Crippen LogP contribution in [0, 0.1) is 0 Å². The molecule has 2 aromatic rings. The van der Waals surface area contributed by atoms with E-state index in [2.05, 4.69) is 21.2 Å². The van der Waals surface area contributed by atoms with Crippen molar-refractivity contribution in [3.8, 4) is 0 Å². The van der Waals surface area contributed by atoms with Crippen molar-refractivity contribution in [3.05, 3.63) is 64.1 Å². The average molecular weight is 447 g/mol. The number of nitrogens with zero attached hydrogens (tertiary/aromatic N) is 1. The second kappa shape index (κ2) is 9.42. The SMILES string of the molecule is CC(NC(=O)c1ccccc1SCC(=O)N1CCCC1)c1ccccc1Br. The van der Waals surface area contributed by atoms with E-state index in [0.717, 1.165) is 40.9 Å². The summed E-state index contributed by atoms with van der Waals surface area (Å²) in [5.74, 6) is 0.383. The van der Waals surface area contributed by atoms with E-state index in [0.29, 0.717) is 11.3 Å². The molecule has 0 bridgehead atoms. The molecule has 0 aromatic heterocycles. The fourth-order valence-electron chi connectivity index (χ4n) is 3.16. The molecule has 1 saturated heterocycles. The van der Waals surface area contributed by atoms with Gasteiger partial charge in [0.15, 0.2) is 0 Å². The van der Waals surface area contributed by atoms with Crippen LogP contribution in [0.1, 0.15) is 41.7 Å². The maximum absolute atomic E-state index is 12.8. The van der Waals surface area contributed by atoms with Gasteiger partial charge in [-0.3, -0.25) is 9.59 Å². The van der Waals surface area contributed by atoms with Gasteiger partial charge >= 0.3 is 0 Å². The molecule has 1 aliphatic heterocycles.